The van der Waals surface area contributed by atoms with Gasteiger partial charge in [-0.2, -0.15) is 0 Å². The number of nitrogens with one attached hydrogen (secondary N) is 1. The van der Waals surface area contributed by atoms with Crippen LogP contribution in [0.5, 0.6) is 0 Å². The molecule has 0 unspecified atom stereocenters. The fourth-order valence-electron chi connectivity index (χ4n) is 2.44. The molecule has 0 bridgehead atoms. The van der Waals surface area contributed by atoms with Crippen LogP contribution in [0.2, 0.25) is 0 Å². The minimum atomic E-state index is -0.0570. The van der Waals surface area contributed by atoms with E-state index < -0.39 is 0 Å². The zero-order chi connectivity index (χ0) is 16.9. The quantitative estimate of drug-likeness (QED) is 0.728. The van der Waals surface area contributed by atoms with Gasteiger partial charge in [-0.25, -0.2) is 4.98 Å². The number of carbonyl (C=O) groups excluding carboxylic acids is 1. The summed E-state index contributed by atoms with van der Waals surface area (Å²) in [6.07, 6.45) is 0. The van der Waals surface area contributed by atoms with Crippen molar-refractivity contribution in [2.24, 2.45) is 0 Å². The number of carbonyl (C=O) groups is 1. The zero-order valence-electron chi connectivity index (χ0n) is 13.7. The highest BCUT2D eigenvalue weighted by atomic mass is 32.1. The first kappa shape index (κ1) is 16.8. The van der Waals surface area contributed by atoms with Crippen molar-refractivity contribution in [2.75, 3.05) is 14.1 Å². The zero-order valence-corrected chi connectivity index (χ0v) is 15.3. The van der Waals surface area contributed by atoms with Gasteiger partial charge in [0.1, 0.15) is 5.01 Å². The van der Waals surface area contributed by atoms with E-state index in [1.54, 1.807) is 29.7 Å². The van der Waals surface area contributed by atoms with Crippen molar-refractivity contribution in [3.63, 3.8) is 0 Å². The van der Waals surface area contributed by atoms with Gasteiger partial charge in [0.05, 0.1) is 10.6 Å². The number of amides is 1. The first-order chi connectivity index (χ1) is 11.7. The van der Waals surface area contributed by atoms with E-state index in [1.165, 1.54) is 10.4 Å². The van der Waals surface area contributed by atoms with Gasteiger partial charge >= 0.3 is 0 Å². The van der Waals surface area contributed by atoms with Gasteiger partial charge < -0.3 is 5.32 Å². The van der Waals surface area contributed by atoms with Gasteiger partial charge in [0.25, 0.3) is 5.91 Å². The smallest absolute Gasteiger partial charge is 0.251 e. The molecule has 4 nitrogen and oxygen atoms in total. The highest BCUT2D eigenvalue weighted by molar-refractivity contribution is 7.20. The molecule has 0 saturated heterocycles. The molecule has 0 radical (unpaired) electrons. The molecule has 0 atom stereocenters. The molecule has 0 spiro atoms. The van der Waals surface area contributed by atoms with E-state index in [1.807, 2.05) is 24.3 Å². The molecule has 0 aliphatic carbocycles. The number of hydrogen-bond donors (Lipinski definition) is 1. The molecule has 0 aliphatic heterocycles. The maximum atomic E-state index is 11.6. The highest BCUT2D eigenvalue weighted by Crippen LogP contribution is 2.28. The van der Waals surface area contributed by atoms with E-state index in [2.05, 4.69) is 40.2 Å². The summed E-state index contributed by atoms with van der Waals surface area (Å²) in [4.78, 5) is 19.7. The molecule has 3 rings (SSSR count). The van der Waals surface area contributed by atoms with Crippen LogP contribution in [0.25, 0.3) is 9.88 Å². The average Bonchev–Trinajstić information content (AvgIpc) is 3.26. The average molecular weight is 358 g/mol. The summed E-state index contributed by atoms with van der Waals surface area (Å²) in [5, 5.41) is 7.92. The number of aromatic nitrogens is 1. The third-order valence-corrected chi connectivity index (χ3v) is 5.54. The van der Waals surface area contributed by atoms with Crippen molar-refractivity contribution in [2.45, 2.75) is 13.1 Å². The van der Waals surface area contributed by atoms with E-state index in [0.29, 0.717) is 5.56 Å². The Balaban J connectivity index is 1.59. The largest absolute Gasteiger partial charge is 0.355 e. The number of hydrogen-bond acceptors (Lipinski definition) is 5. The summed E-state index contributed by atoms with van der Waals surface area (Å²) in [7, 11) is 3.72. The molecule has 24 heavy (non-hydrogen) atoms. The molecule has 124 valence electrons. The summed E-state index contributed by atoms with van der Waals surface area (Å²) >= 11 is 3.41. The van der Waals surface area contributed by atoms with E-state index in [0.717, 1.165) is 23.8 Å². The number of benzene rings is 1. The van der Waals surface area contributed by atoms with Gasteiger partial charge in [-0.15, -0.1) is 22.7 Å². The summed E-state index contributed by atoms with van der Waals surface area (Å²) in [5.41, 5.74) is 2.95. The SMILES string of the molecule is CNC(=O)c1ccc(CN(C)Cc2csc(-c3cccs3)n2)cc1. The Morgan fingerprint density at radius 2 is 1.96 bits per heavy atom. The molecule has 2 aromatic heterocycles. The number of rotatable bonds is 6. The lowest BCUT2D eigenvalue weighted by molar-refractivity contribution is 0.0963. The topological polar surface area (TPSA) is 45.2 Å². The Morgan fingerprint density at radius 1 is 1.17 bits per heavy atom. The van der Waals surface area contributed by atoms with Crippen molar-refractivity contribution in [3.05, 3.63) is 64.0 Å². The summed E-state index contributed by atoms with van der Waals surface area (Å²) < 4.78 is 0. The van der Waals surface area contributed by atoms with E-state index in [-0.39, 0.29) is 5.91 Å². The predicted octanol–water partition coefficient (Wildman–Crippen LogP) is 3.86. The van der Waals surface area contributed by atoms with Crippen LogP contribution in [0.15, 0.2) is 47.2 Å². The molecular weight excluding hydrogens is 338 g/mol. The molecule has 0 saturated carbocycles. The van der Waals surface area contributed by atoms with Crippen molar-refractivity contribution in [3.8, 4) is 9.88 Å². The van der Waals surface area contributed by atoms with Gasteiger partial charge in [-0.05, 0) is 36.2 Å². The molecule has 6 heteroatoms. The first-order valence-electron chi connectivity index (χ1n) is 7.63. The normalized spacial score (nSPS) is 11.0. The maximum Gasteiger partial charge on any atom is 0.251 e. The Labute approximate surface area is 149 Å². The lowest BCUT2D eigenvalue weighted by atomic mass is 10.1. The number of thiophene rings is 1. The van der Waals surface area contributed by atoms with Crippen LogP contribution in [0.1, 0.15) is 21.6 Å². The van der Waals surface area contributed by atoms with Crippen molar-refractivity contribution in [1.29, 1.82) is 0 Å². The predicted molar refractivity (Wildman–Crippen MR) is 100 cm³/mol. The lowest BCUT2D eigenvalue weighted by Gasteiger charge is -2.15. The Bertz CT molecular complexity index is 794. The summed E-state index contributed by atoms with van der Waals surface area (Å²) in [6, 6.07) is 11.9. The Hall–Kier alpha value is -2.02. The van der Waals surface area contributed by atoms with E-state index in [4.69, 9.17) is 4.98 Å². The van der Waals surface area contributed by atoms with Gasteiger partial charge in [0.2, 0.25) is 0 Å². The van der Waals surface area contributed by atoms with Crippen LogP contribution in [-0.2, 0) is 13.1 Å². The van der Waals surface area contributed by atoms with Crippen LogP contribution >= 0.6 is 22.7 Å². The number of nitrogens with zero attached hydrogens (tertiary/aromatic N) is 2. The minimum Gasteiger partial charge on any atom is -0.355 e. The monoisotopic (exact) mass is 357 g/mol. The fraction of sp³-hybridized carbons (Fsp3) is 0.222. The fourth-order valence-corrected chi connectivity index (χ4v) is 4.07. The molecule has 0 aliphatic rings. The molecule has 3 aromatic rings. The van der Waals surface area contributed by atoms with Gasteiger partial charge in [0.15, 0.2) is 0 Å². The van der Waals surface area contributed by atoms with Crippen molar-refractivity contribution < 1.29 is 4.79 Å². The molecule has 0 fully saturated rings. The van der Waals surface area contributed by atoms with E-state index >= 15 is 0 Å². The second-order valence-corrected chi connectivity index (χ2v) is 7.38. The third kappa shape index (κ3) is 4.08. The first-order valence-corrected chi connectivity index (χ1v) is 9.39. The minimum absolute atomic E-state index is 0.0570. The van der Waals surface area contributed by atoms with E-state index in [9.17, 15) is 4.79 Å². The molecular formula is C18H19N3OS2. The summed E-state index contributed by atoms with van der Waals surface area (Å²) in [5.74, 6) is -0.0570. The third-order valence-electron chi connectivity index (χ3n) is 3.61. The maximum absolute atomic E-state index is 11.6. The molecule has 2 heterocycles. The molecule has 1 N–H and O–H groups in total. The molecule has 1 aromatic carbocycles. The number of thiazole rings is 1. The summed E-state index contributed by atoms with van der Waals surface area (Å²) in [6.45, 7) is 1.62. The van der Waals surface area contributed by atoms with Crippen LogP contribution < -0.4 is 5.32 Å². The second kappa shape index (κ2) is 7.70. The van der Waals surface area contributed by atoms with Crippen LogP contribution in [0.3, 0.4) is 0 Å². The van der Waals surface area contributed by atoms with Gasteiger partial charge in [0, 0.05) is 31.1 Å². The second-order valence-electron chi connectivity index (χ2n) is 5.57. The van der Waals surface area contributed by atoms with Gasteiger partial charge in [-0.1, -0.05) is 18.2 Å². The standard InChI is InChI=1S/C18H19N3OS2/c1-19-17(22)14-7-5-13(6-8-14)10-21(2)11-15-12-24-18(20-15)16-4-3-9-23-16/h3-9,12H,10-11H2,1-2H3,(H,19,22). The van der Waals surface area contributed by atoms with Gasteiger partial charge in [-0.3, -0.25) is 9.69 Å². The Kier molecular flexibility index (Phi) is 5.40. The Morgan fingerprint density at radius 3 is 2.62 bits per heavy atom. The van der Waals surface area contributed by atoms with Crippen LogP contribution in [-0.4, -0.2) is 29.9 Å². The van der Waals surface area contributed by atoms with Crippen LogP contribution in [0, 0.1) is 0 Å². The van der Waals surface area contributed by atoms with Crippen LogP contribution in [0.4, 0.5) is 0 Å². The van der Waals surface area contributed by atoms with Crippen molar-refractivity contribution in [1.82, 2.24) is 15.2 Å². The molecule has 1 amide bonds. The lowest BCUT2D eigenvalue weighted by Crippen LogP contribution is -2.19. The van der Waals surface area contributed by atoms with Crippen molar-refractivity contribution >= 4 is 28.6 Å². The highest BCUT2D eigenvalue weighted by Gasteiger charge is 2.09.